The SMILES string of the molecule is CC(C)c1ccnn(C2CC2)c1=O. The van der Waals surface area contributed by atoms with Gasteiger partial charge in [0.05, 0.1) is 6.04 Å². The molecule has 2 rings (SSSR count). The summed E-state index contributed by atoms with van der Waals surface area (Å²) in [5.41, 5.74) is 0.974. The lowest BCUT2D eigenvalue weighted by molar-refractivity contribution is 0.585. The smallest absolute Gasteiger partial charge is 0.267 e. The van der Waals surface area contributed by atoms with Crippen molar-refractivity contribution in [1.29, 1.82) is 0 Å². The first-order valence-corrected chi connectivity index (χ1v) is 4.78. The van der Waals surface area contributed by atoms with Gasteiger partial charge in [-0.2, -0.15) is 5.10 Å². The van der Waals surface area contributed by atoms with Crippen LogP contribution in [0.15, 0.2) is 17.1 Å². The molecule has 3 heteroatoms. The molecule has 1 aliphatic rings. The van der Waals surface area contributed by atoms with Crippen LogP contribution in [-0.2, 0) is 0 Å². The summed E-state index contributed by atoms with van der Waals surface area (Å²) in [7, 11) is 0. The van der Waals surface area contributed by atoms with Crippen LogP contribution < -0.4 is 5.56 Å². The van der Waals surface area contributed by atoms with Crippen LogP contribution in [0.5, 0.6) is 0 Å². The molecule has 3 nitrogen and oxygen atoms in total. The highest BCUT2D eigenvalue weighted by Crippen LogP contribution is 2.32. The van der Waals surface area contributed by atoms with Crippen molar-refractivity contribution in [1.82, 2.24) is 9.78 Å². The molecule has 1 saturated carbocycles. The highest BCUT2D eigenvalue weighted by atomic mass is 16.1. The molecule has 0 radical (unpaired) electrons. The van der Waals surface area contributed by atoms with Crippen molar-refractivity contribution in [2.45, 2.75) is 38.6 Å². The molecule has 0 N–H and O–H groups in total. The molecule has 0 aliphatic heterocycles. The normalized spacial score (nSPS) is 16.5. The van der Waals surface area contributed by atoms with Gasteiger partial charge in [0.25, 0.3) is 5.56 Å². The van der Waals surface area contributed by atoms with E-state index in [1.165, 1.54) is 0 Å². The summed E-state index contributed by atoms with van der Waals surface area (Å²) in [5.74, 6) is 0.292. The Morgan fingerprint density at radius 1 is 1.54 bits per heavy atom. The van der Waals surface area contributed by atoms with Gasteiger partial charge in [-0.3, -0.25) is 4.79 Å². The molecule has 0 unspecified atom stereocenters. The highest BCUT2D eigenvalue weighted by Gasteiger charge is 2.26. The van der Waals surface area contributed by atoms with Gasteiger partial charge in [0.1, 0.15) is 0 Å². The second kappa shape index (κ2) is 2.98. The fraction of sp³-hybridized carbons (Fsp3) is 0.600. The Morgan fingerprint density at radius 2 is 2.23 bits per heavy atom. The van der Waals surface area contributed by atoms with Crippen molar-refractivity contribution >= 4 is 0 Å². The van der Waals surface area contributed by atoms with E-state index in [9.17, 15) is 4.79 Å². The van der Waals surface area contributed by atoms with Crippen molar-refractivity contribution < 1.29 is 0 Å². The van der Waals surface area contributed by atoms with Gasteiger partial charge < -0.3 is 0 Å². The Labute approximate surface area is 77.4 Å². The van der Waals surface area contributed by atoms with Crippen molar-refractivity contribution in [3.63, 3.8) is 0 Å². The number of aromatic nitrogens is 2. The van der Waals surface area contributed by atoms with Crippen molar-refractivity contribution in [3.05, 3.63) is 28.2 Å². The van der Waals surface area contributed by atoms with Crippen LogP contribution in [0.1, 0.15) is 44.2 Å². The summed E-state index contributed by atoms with van der Waals surface area (Å²) >= 11 is 0. The van der Waals surface area contributed by atoms with Crippen molar-refractivity contribution in [3.8, 4) is 0 Å². The third kappa shape index (κ3) is 1.50. The highest BCUT2D eigenvalue weighted by molar-refractivity contribution is 5.12. The summed E-state index contributed by atoms with van der Waals surface area (Å²) in [6, 6.07) is 2.21. The van der Waals surface area contributed by atoms with E-state index in [1.807, 2.05) is 19.9 Å². The van der Waals surface area contributed by atoms with Gasteiger partial charge in [-0.1, -0.05) is 13.8 Å². The summed E-state index contributed by atoms with van der Waals surface area (Å²) < 4.78 is 1.63. The topological polar surface area (TPSA) is 34.9 Å². The second-order valence-electron chi connectivity index (χ2n) is 3.92. The van der Waals surface area contributed by atoms with Gasteiger partial charge in [0, 0.05) is 11.8 Å². The molecule has 1 aliphatic carbocycles. The van der Waals surface area contributed by atoms with Gasteiger partial charge in [-0.25, -0.2) is 4.68 Å². The first kappa shape index (κ1) is 8.48. The lowest BCUT2D eigenvalue weighted by atomic mass is 10.1. The lowest BCUT2D eigenvalue weighted by Crippen LogP contribution is -2.25. The Morgan fingerprint density at radius 3 is 2.77 bits per heavy atom. The van der Waals surface area contributed by atoms with Gasteiger partial charge in [0.2, 0.25) is 0 Å². The molecular formula is C10H14N2O. The molecule has 0 bridgehead atoms. The van der Waals surface area contributed by atoms with E-state index in [0.29, 0.717) is 12.0 Å². The number of rotatable bonds is 2. The van der Waals surface area contributed by atoms with Crippen LogP contribution >= 0.6 is 0 Å². The van der Waals surface area contributed by atoms with E-state index >= 15 is 0 Å². The fourth-order valence-corrected chi connectivity index (χ4v) is 1.46. The molecule has 0 spiro atoms. The fourth-order valence-electron chi connectivity index (χ4n) is 1.46. The lowest BCUT2D eigenvalue weighted by Gasteiger charge is -2.07. The average Bonchev–Trinajstić information content (AvgIpc) is 2.87. The van der Waals surface area contributed by atoms with Crippen molar-refractivity contribution in [2.75, 3.05) is 0 Å². The maximum atomic E-state index is 11.8. The van der Waals surface area contributed by atoms with Gasteiger partial charge in [0.15, 0.2) is 0 Å². The van der Waals surface area contributed by atoms with Crippen LogP contribution in [0.2, 0.25) is 0 Å². The van der Waals surface area contributed by atoms with Crippen LogP contribution in [-0.4, -0.2) is 9.78 Å². The molecule has 0 atom stereocenters. The quantitative estimate of drug-likeness (QED) is 0.691. The maximum absolute atomic E-state index is 11.8. The van der Waals surface area contributed by atoms with E-state index in [2.05, 4.69) is 5.10 Å². The average molecular weight is 178 g/mol. The predicted molar refractivity (Wildman–Crippen MR) is 50.9 cm³/mol. The zero-order valence-electron chi connectivity index (χ0n) is 8.03. The molecule has 0 aromatic carbocycles. The summed E-state index contributed by atoms with van der Waals surface area (Å²) in [4.78, 5) is 11.8. The summed E-state index contributed by atoms with van der Waals surface area (Å²) in [6.07, 6.45) is 3.94. The van der Waals surface area contributed by atoms with Crippen LogP contribution in [0, 0.1) is 0 Å². The van der Waals surface area contributed by atoms with Crippen LogP contribution in [0.4, 0.5) is 0 Å². The van der Waals surface area contributed by atoms with E-state index in [1.54, 1.807) is 10.9 Å². The third-order valence-corrected chi connectivity index (χ3v) is 2.41. The molecule has 70 valence electrons. The molecule has 0 amide bonds. The van der Waals surface area contributed by atoms with Crippen LogP contribution in [0.3, 0.4) is 0 Å². The Kier molecular flexibility index (Phi) is 1.94. The first-order chi connectivity index (χ1) is 6.20. The zero-order valence-corrected chi connectivity index (χ0v) is 8.03. The predicted octanol–water partition coefficient (Wildman–Crippen LogP) is 1.70. The molecule has 1 heterocycles. The third-order valence-electron chi connectivity index (χ3n) is 2.41. The number of hydrogen-bond donors (Lipinski definition) is 0. The van der Waals surface area contributed by atoms with E-state index in [4.69, 9.17) is 0 Å². The second-order valence-corrected chi connectivity index (χ2v) is 3.92. The molecule has 1 fully saturated rings. The van der Waals surface area contributed by atoms with Gasteiger partial charge in [-0.05, 0) is 24.8 Å². The molecule has 13 heavy (non-hydrogen) atoms. The van der Waals surface area contributed by atoms with Crippen LogP contribution in [0.25, 0.3) is 0 Å². The Balaban J connectivity index is 2.48. The summed E-state index contributed by atoms with van der Waals surface area (Å²) in [5, 5.41) is 4.09. The van der Waals surface area contributed by atoms with E-state index in [-0.39, 0.29) is 5.56 Å². The Bertz CT molecular complexity index is 340. The minimum Gasteiger partial charge on any atom is -0.267 e. The maximum Gasteiger partial charge on any atom is 0.270 e. The van der Waals surface area contributed by atoms with Gasteiger partial charge in [-0.15, -0.1) is 0 Å². The van der Waals surface area contributed by atoms with E-state index in [0.717, 1.165) is 18.4 Å². The Hall–Kier alpha value is -1.12. The summed E-state index contributed by atoms with van der Waals surface area (Å²) in [6.45, 7) is 4.07. The zero-order chi connectivity index (χ0) is 9.42. The van der Waals surface area contributed by atoms with E-state index < -0.39 is 0 Å². The number of nitrogens with zero attached hydrogens (tertiary/aromatic N) is 2. The first-order valence-electron chi connectivity index (χ1n) is 4.78. The van der Waals surface area contributed by atoms with Gasteiger partial charge >= 0.3 is 0 Å². The molecule has 0 saturated heterocycles. The monoisotopic (exact) mass is 178 g/mol. The number of hydrogen-bond acceptors (Lipinski definition) is 2. The molecular weight excluding hydrogens is 164 g/mol. The minimum absolute atomic E-state index is 0.0972. The standard InChI is InChI=1S/C10H14N2O/c1-7(2)9-5-6-11-12(10(9)13)8-3-4-8/h5-8H,3-4H2,1-2H3. The molecule has 1 aromatic heterocycles. The minimum atomic E-state index is 0.0972. The largest absolute Gasteiger partial charge is 0.270 e. The molecule has 1 aromatic rings. The van der Waals surface area contributed by atoms with Crippen molar-refractivity contribution in [2.24, 2.45) is 0 Å².